The number of carbonyl (C=O) groups is 1. The van der Waals surface area contributed by atoms with E-state index in [0.717, 1.165) is 15.1 Å². The first-order valence-electron chi connectivity index (χ1n) is 12.2. The molecule has 2 heterocycles. The van der Waals surface area contributed by atoms with Crippen molar-refractivity contribution >= 4 is 43.8 Å². The predicted octanol–water partition coefficient (Wildman–Crippen LogP) is 3.71. The third kappa shape index (κ3) is 5.63. The molecule has 0 aliphatic rings. The normalized spacial score (nSPS) is 12.6. The summed E-state index contributed by atoms with van der Waals surface area (Å²) < 4.78 is 53.5. The number of rotatable bonds is 9. The molecule has 10 nitrogen and oxygen atoms in total. The van der Waals surface area contributed by atoms with Crippen LogP contribution >= 0.6 is 0 Å². The Hall–Kier alpha value is -4.03. The van der Waals surface area contributed by atoms with Crippen LogP contribution in [0, 0.1) is 13.8 Å². The van der Waals surface area contributed by atoms with E-state index >= 15 is 0 Å². The molecule has 2 aromatic carbocycles. The zero-order chi connectivity index (χ0) is 29.2. The Bertz CT molecular complexity index is 1740. The summed E-state index contributed by atoms with van der Waals surface area (Å²) in [6, 6.07) is 10.9. The molecule has 0 N–H and O–H groups in total. The average Bonchev–Trinajstić information content (AvgIpc) is 3.33. The highest BCUT2D eigenvalue weighted by molar-refractivity contribution is 7.91. The van der Waals surface area contributed by atoms with Crippen LogP contribution in [0.1, 0.15) is 22.4 Å². The van der Waals surface area contributed by atoms with E-state index in [4.69, 9.17) is 9.47 Å². The highest BCUT2D eigenvalue weighted by atomic mass is 32.2. The minimum absolute atomic E-state index is 0.0322. The van der Waals surface area contributed by atoms with Crippen molar-refractivity contribution in [3.63, 3.8) is 0 Å². The van der Waals surface area contributed by atoms with E-state index in [1.165, 1.54) is 30.2 Å². The van der Waals surface area contributed by atoms with E-state index in [1.54, 1.807) is 63.8 Å². The molecule has 0 aliphatic carbocycles. The highest BCUT2D eigenvalue weighted by Crippen LogP contribution is 2.30. The van der Waals surface area contributed by atoms with Gasteiger partial charge >= 0.3 is 0 Å². The molecule has 0 fully saturated rings. The first-order valence-corrected chi connectivity index (χ1v) is 14.9. The molecule has 0 radical (unpaired) electrons. The summed E-state index contributed by atoms with van der Waals surface area (Å²) in [4.78, 5) is 22.1. The van der Waals surface area contributed by atoms with Crippen LogP contribution < -0.4 is 9.47 Å². The van der Waals surface area contributed by atoms with Gasteiger partial charge in [0.15, 0.2) is 0 Å². The lowest BCUT2D eigenvalue weighted by molar-refractivity contribution is -0.123. The summed E-state index contributed by atoms with van der Waals surface area (Å²) in [7, 11) is 0.170. The molecule has 12 heteroatoms. The van der Waals surface area contributed by atoms with Crippen molar-refractivity contribution in [3.05, 3.63) is 77.1 Å². The Morgan fingerprint density at radius 1 is 1.07 bits per heavy atom. The van der Waals surface area contributed by atoms with E-state index in [0.29, 0.717) is 28.3 Å². The molecule has 0 spiro atoms. The van der Waals surface area contributed by atoms with Crippen molar-refractivity contribution in [3.8, 4) is 11.5 Å². The lowest BCUT2D eigenvalue weighted by atomic mass is 10.1. The number of pyridine rings is 1. The second-order valence-corrected chi connectivity index (χ2v) is 12.3. The minimum Gasteiger partial charge on any atom is -0.497 e. The van der Waals surface area contributed by atoms with Crippen molar-refractivity contribution in [1.82, 2.24) is 18.8 Å². The molecule has 2 aromatic heterocycles. The van der Waals surface area contributed by atoms with Gasteiger partial charge in [0.2, 0.25) is 11.1 Å². The van der Waals surface area contributed by atoms with E-state index in [1.807, 2.05) is 13.8 Å². The molecule has 0 saturated carbocycles. The first-order chi connectivity index (χ1) is 19.0. The Balaban J connectivity index is 1.80. The van der Waals surface area contributed by atoms with Gasteiger partial charge in [0.05, 0.1) is 52.4 Å². The maximum Gasteiger partial charge on any atom is 0.270 e. The monoisotopic (exact) mass is 582 g/mol. The molecule has 0 aliphatic heterocycles. The lowest BCUT2D eigenvalue weighted by Crippen LogP contribution is -2.18. The summed E-state index contributed by atoms with van der Waals surface area (Å²) in [6.07, 6.45) is 4.63. The number of ether oxygens (including phenoxy) is 2. The number of nitrogens with zero attached hydrogens (tertiary/aromatic N) is 4. The number of fused-ring (bicyclic) bond motifs is 1. The number of hydrogen-bond acceptors (Lipinski definition) is 8. The van der Waals surface area contributed by atoms with E-state index in [2.05, 4.69) is 9.97 Å². The number of benzene rings is 2. The number of imidazole rings is 1. The molecule has 1 atom stereocenters. The molecule has 4 rings (SSSR count). The van der Waals surface area contributed by atoms with Crippen LogP contribution in [-0.4, -0.2) is 65.7 Å². The summed E-state index contributed by atoms with van der Waals surface area (Å²) >= 11 is 0. The molecular formula is C28H30N4O6S2. The van der Waals surface area contributed by atoms with Crippen LogP contribution in [0.3, 0.4) is 0 Å². The largest absolute Gasteiger partial charge is 0.497 e. The second-order valence-electron chi connectivity index (χ2n) is 9.19. The number of methoxy groups -OCH3 is 2. The van der Waals surface area contributed by atoms with Crippen LogP contribution in [0.5, 0.6) is 11.5 Å². The van der Waals surface area contributed by atoms with Gasteiger partial charge in [-0.2, -0.15) is 0 Å². The maximum absolute atomic E-state index is 14.0. The van der Waals surface area contributed by atoms with Gasteiger partial charge in [-0.1, -0.05) is 12.1 Å². The summed E-state index contributed by atoms with van der Waals surface area (Å²) in [5.41, 5.74) is 3.29. The van der Waals surface area contributed by atoms with Gasteiger partial charge in [-0.25, -0.2) is 17.4 Å². The smallest absolute Gasteiger partial charge is 0.270 e. The Morgan fingerprint density at radius 3 is 2.40 bits per heavy atom. The maximum atomic E-state index is 14.0. The number of aryl methyl sites for hydroxylation is 1. The van der Waals surface area contributed by atoms with Gasteiger partial charge in [-0.15, -0.1) is 0 Å². The van der Waals surface area contributed by atoms with E-state index in [-0.39, 0.29) is 27.2 Å². The molecule has 1 unspecified atom stereocenters. The SMILES string of the molecule is COc1ccc2nc(S(=O)Cc3ncc(C)c(OC)c3C)n(S(=O)(=O)c3ccc(/C=C/C(=O)N(C)C)cc3)c2c1. The molecule has 40 heavy (non-hydrogen) atoms. The molecule has 0 saturated heterocycles. The molecular weight excluding hydrogens is 552 g/mol. The van der Waals surface area contributed by atoms with Gasteiger partial charge in [0.1, 0.15) is 11.5 Å². The summed E-state index contributed by atoms with van der Waals surface area (Å²) in [5.74, 6) is 0.795. The molecule has 1 amide bonds. The van der Waals surface area contributed by atoms with Crippen molar-refractivity contribution in [2.24, 2.45) is 0 Å². The van der Waals surface area contributed by atoms with Crippen molar-refractivity contribution < 1.29 is 26.9 Å². The average molecular weight is 583 g/mol. The number of aromatic nitrogens is 3. The van der Waals surface area contributed by atoms with Crippen LogP contribution in [0.4, 0.5) is 0 Å². The Morgan fingerprint density at radius 2 is 1.77 bits per heavy atom. The molecule has 0 bridgehead atoms. The van der Waals surface area contributed by atoms with Crippen LogP contribution in [-0.2, 0) is 31.4 Å². The van der Waals surface area contributed by atoms with Gasteiger partial charge in [0, 0.05) is 43.6 Å². The van der Waals surface area contributed by atoms with Crippen LogP contribution in [0.15, 0.2) is 64.8 Å². The topological polar surface area (TPSA) is 121 Å². The fourth-order valence-corrected chi connectivity index (χ4v) is 7.13. The first kappa shape index (κ1) is 29.0. The highest BCUT2D eigenvalue weighted by Gasteiger charge is 2.28. The Kier molecular flexibility index (Phi) is 8.40. The van der Waals surface area contributed by atoms with Crippen molar-refractivity contribution in [1.29, 1.82) is 0 Å². The third-order valence-corrected chi connectivity index (χ3v) is 9.34. The van der Waals surface area contributed by atoms with E-state index < -0.39 is 20.8 Å². The lowest BCUT2D eigenvalue weighted by Gasteiger charge is -2.13. The zero-order valence-electron chi connectivity index (χ0n) is 23.0. The second kappa shape index (κ2) is 11.6. The minimum atomic E-state index is -4.25. The quantitative estimate of drug-likeness (QED) is 0.274. The van der Waals surface area contributed by atoms with Gasteiger partial charge in [-0.05, 0) is 49.8 Å². The van der Waals surface area contributed by atoms with Gasteiger partial charge in [0.25, 0.3) is 10.0 Å². The van der Waals surface area contributed by atoms with Crippen LogP contribution in [0.25, 0.3) is 17.1 Å². The number of likely N-dealkylation sites (N-methyl/N-ethyl adjacent to an activating group) is 1. The fraction of sp³-hybridized carbons (Fsp3) is 0.250. The summed E-state index contributed by atoms with van der Waals surface area (Å²) in [5, 5.41) is -0.135. The van der Waals surface area contributed by atoms with Crippen molar-refractivity contribution in [2.75, 3.05) is 28.3 Å². The summed E-state index contributed by atoms with van der Waals surface area (Å²) in [6.45, 7) is 3.68. The zero-order valence-corrected chi connectivity index (χ0v) is 24.7. The fourth-order valence-electron chi connectivity index (χ4n) is 4.09. The number of hydrogen-bond donors (Lipinski definition) is 0. The van der Waals surface area contributed by atoms with Gasteiger partial charge in [-0.3, -0.25) is 14.0 Å². The van der Waals surface area contributed by atoms with E-state index in [9.17, 15) is 17.4 Å². The molecule has 210 valence electrons. The number of carbonyl (C=O) groups excluding carboxylic acids is 1. The predicted molar refractivity (Wildman–Crippen MR) is 153 cm³/mol. The van der Waals surface area contributed by atoms with Gasteiger partial charge < -0.3 is 14.4 Å². The standard InChI is InChI=1S/C28H30N4O6S2/c1-18-16-29-24(19(2)27(18)38-6)17-39(34)28-30-23-13-10-21(37-5)15-25(23)32(28)40(35,36)22-11-7-20(8-12-22)9-14-26(33)31(3)4/h7-16H,17H2,1-6H3/b14-9+. The molecule has 4 aromatic rings. The van der Waals surface area contributed by atoms with Crippen LogP contribution in [0.2, 0.25) is 0 Å². The van der Waals surface area contributed by atoms with Crippen molar-refractivity contribution in [2.45, 2.75) is 29.7 Å². The Labute approximate surface area is 235 Å². The number of amides is 1. The third-order valence-electron chi connectivity index (χ3n) is 6.29.